The molecular weight excluding hydrogens is 408 g/mol. The zero-order chi connectivity index (χ0) is 23.0. The number of ether oxygens (including phenoxy) is 2. The van der Waals surface area contributed by atoms with Crippen LogP contribution in [0, 0.1) is 19.8 Å². The zero-order valence-corrected chi connectivity index (χ0v) is 19.1. The fourth-order valence-electron chi connectivity index (χ4n) is 4.88. The van der Waals surface area contributed by atoms with Crippen LogP contribution in [0.15, 0.2) is 18.2 Å². The maximum absolute atomic E-state index is 13.1. The fraction of sp³-hybridized carbons (Fsp3) is 0.480. The number of benzene rings is 1. The van der Waals surface area contributed by atoms with Gasteiger partial charge in [0.2, 0.25) is 0 Å². The van der Waals surface area contributed by atoms with Crippen molar-refractivity contribution in [1.29, 1.82) is 0 Å². The molecule has 1 atom stereocenters. The zero-order valence-electron chi connectivity index (χ0n) is 19.1. The first-order valence-electron chi connectivity index (χ1n) is 11.2. The first-order chi connectivity index (χ1) is 15.3. The molecule has 2 aliphatic heterocycles. The van der Waals surface area contributed by atoms with Gasteiger partial charge in [0.05, 0.1) is 11.7 Å². The maximum atomic E-state index is 13.1. The number of ketones is 3. The molecule has 0 unspecified atom stereocenters. The van der Waals surface area contributed by atoms with Crippen LogP contribution in [0.3, 0.4) is 0 Å². The largest absolute Gasteiger partial charge is 0.486 e. The Morgan fingerprint density at radius 3 is 2.34 bits per heavy atom. The number of nitrogens with zero attached hydrogens (tertiary/aromatic N) is 1. The summed E-state index contributed by atoms with van der Waals surface area (Å²) in [7, 11) is 0. The topological polar surface area (TPSA) is 88.7 Å². The summed E-state index contributed by atoms with van der Waals surface area (Å²) < 4.78 is 11.1. The van der Waals surface area contributed by atoms with Crippen LogP contribution in [-0.2, 0) is 0 Å². The van der Waals surface area contributed by atoms with E-state index in [9.17, 15) is 14.4 Å². The van der Waals surface area contributed by atoms with Crippen molar-refractivity contribution in [3.63, 3.8) is 0 Å². The van der Waals surface area contributed by atoms with Gasteiger partial charge >= 0.3 is 0 Å². The van der Waals surface area contributed by atoms with Gasteiger partial charge in [0, 0.05) is 22.7 Å². The Morgan fingerprint density at radius 1 is 1.06 bits per heavy atom. The number of carbonyl (C=O) groups is 3. The van der Waals surface area contributed by atoms with Crippen molar-refractivity contribution in [2.24, 2.45) is 5.92 Å². The minimum Gasteiger partial charge on any atom is -0.486 e. The summed E-state index contributed by atoms with van der Waals surface area (Å²) in [6.07, 6.45) is 1.40. The molecule has 4 rings (SSSR count). The molecule has 1 aromatic heterocycles. The molecule has 0 spiro atoms. The number of aromatic amines is 1. The van der Waals surface area contributed by atoms with Crippen LogP contribution in [0.1, 0.15) is 69.2 Å². The molecular formula is C25H30N2O5. The van der Waals surface area contributed by atoms with E-state index in [1.807, 2.05) is 20.8 Å². The van der Waals surface area contributed by atoms with E-state index >= 15 is 0 Å². The van der Waals surface area contributed by atoms with Crippen molar-refractivity contribution < 1.29 is 23.9 Å². The number of hydrogen-bond acceptors (Lipinski definition) is 6. The molecule has 1 saturated heterocycles. The molecule has 3 heterocycles. The van der Waals surface area contributed by atoms with Gasteiger partial charge in [0.1, 0.15) is 13.2 Å². The predicted octanol–water partition coefficient (Wildman–Crippen LogP) is 3.77. The molecule has 1 fully saturated rings. The second-order valence-electron chi connectivity index (χ2n) is 8.75. The second-order valence-corrected chi connectivity index (χ2v) is 8.75. The van der Waals surface area contributed by atoms with Gasteiger partial charge in [0.15, 0.2) is 28.8 Å². The average Bonchev–Trinajstić information content (AvgIpc) is 3.11. The molecule has 2 aliphatic rings. The maximum Gasteiger partial charge on any atom is 0.196 e. The van der Waals surface area contributed by atoms with Crippen molar-refractivity contribution in [3.05, 3.63) is 46.3 Å². The molecule has 0 aliphatic carbocycles. The van der Waals surface area contributed by atoms with Crippen molar-refractivity contribution >= 4 is 17.3 Å². The van der Waals surface area contributed by atoms with Crippen LogP contribution in [0.25, 0.3) is 0 Å². The van der Waals surface area contributed by atoms with Crippen LogP contribution in [0.5, 0.6) is 11.5 Å². The minimum atomic E-state index is -0.322. The lowest BCUT2D eigenvalue weighted by atomic mass is 9.88. The van der Waals surface area contributed by atoms with Crippen LogP contribution in [0.4, 0.5) is 0 Å². The molecule has 1 aromatic carbocycles. The number of aromatic nitrogens is 1. The number of H-pyrrole nitrogens is 1. The second kappa shape index (κ2) is 8.90. The Bertz CT molecular complexity index is 1060. The van der Waals surface area contributed by atoms with Crippen LogP contribution >= 0.6 is 0 Å². The monoisotopic (exact) mass is 438 g/mol. The quantitative estimate of drug-likeness (QED) is 0.691. The van der Waals surface area contributed by atoms with Gasteiger partial charge in [-0.1, -0.05) is 0 Å². The Labute approximate surface area is 188 Å². The Balaban J connectivity index is 1.40. The highest BCUT2D eigenvalue weighted by atomic mass is 16.6. The van der Waals surface area contributed by atoms with E-state index in [2.05, 4.69) is 9.88 Å². The molecule has 170 valence electrons. The van der Waals surface area contributed by atoms with E-state index < -0.39 is 0 Å². The van der Waals surface area contributed by atoms with Gasteiger partial charge in [-0.15, -0.1) is 0 Å². The van der Waals surface area contributed by atoms with E-state index in [1.54, 1.807) is 18.2 Å². The van der Waals surface area contributed by atoms with Crippen molar-refractivity contribution in [2.75, 3.05) is 26.3 Å². The van der Waals surface area contributed by atoms with Crippen molar-refractivity contribution in [2.45, 2.75) is 46.6 Å². The molecule has 0 saturated carbocycles. The number of carbonyl (C=O) groups excluding carboxylic acids is 3. The number of fused-ring (bicyclic) bond motifs is 1. The molecule has 0 bridgehead atoms. The van der Waals surface area contributed by atoms with Gasteiger partial charge in [-0.3, -0.25) is 19.3 Å². The highest BCUT2D eigenvalue weighted by molar-refractivity contribution is 6.05. The lowest BCUT2D eigenvalue weighted by Crippen LogP contribution is -2.45. The van der Waals surface area contributed by atoms with Crippen LogP contribution < -0.4 is 9.47 Å². The van der Waals surface area contributed by atoms with Crippen LogP contribution in [-0.4, -0.2) is 59.6 Å². The smallest absolute Gasteiger partial charge is 0.196 e. The fourth-order valence-corrected chi connectivity index (χ4v) is 4.88. The Morgan fingerprint density at radius 2 is 1.72 bits per heavy atom. The SMILES string of the molecule is CC(=O)c1c(C)[nH]c(C(=O)[C@@H](C)N2CCC(C(=O)c3ccc4c(c3)OCCO4)CC2)c1C. The lowest BCUT2D eigenvalue weighted by molar-refractivity contribution is 0.0709. The predicted molar refractivity (Wildman–Crippen MR) is 120 cm³/mol. The van der Waals surface area contributed by atoms with Gasteiger partial charge in [0.25, 0.3) is 0 Å². The first kappa shape index (κ1) is 22.3. The van der Waals surface area contributed by atoms with E-state index in [0.717, 1.165) is 11.3 Å². The van der Waals surface area contributed by atoms with E-state index in [-0.39, 0.29) is 29.3 Å². The summed E-state index contributed by atoms with van der Waals surface area (Å²) in [4.78, 5) is 43.3. The highest BCUT2D eigenvalue weighted by Gasteiger charge is 2.32. The molecule has 0 amide bonds. The van der Waals surface area contributed by atoms with Crippen LogP contribution in [0.2, 0.25) is 0 Å². The summed E-state index contributed by atoms with van der Waals surface area (Å²) >= 11 is 0. The summed E-state index contributed by atoms with van der Waals surface area (Å²) in [5, 5.41) is 0. The number of hydrogen-bond donors (Lipinski definition) is 1. The number of piperidine rings is 1. The summed E-state index contributed by atoms with van der Waals surface area (Å²) in [6, 6.07) is 5.06. The third-order valence-corrected chi connectivity index (χ3v) is 6.69. The average molecular weight is 439 g/mol. The van der Waals surface area contributed by atoms with Gasteiger partial charge in [-0.05, 0) is 77.4 Å². The Hall–Kier alpha value is -2.93. The van der Waals surface area contributed by atoms with E-state index in [4.69, 9.17) is 9.47 Å². The molecule has 7 heteroatoms. The van der Waals surface area contributed by atoms with Gasteiger partial charge < -0.3 is 14.5 Å². The van der Waals surface area contributed by atoms with E-state index in [0.29, 0.717) is 67.5 Å². The summed E-state index contributed by atoms with van der Waals surface area (Å²) in [5.74, 6) is 1.28. The van der Waals surface area contributed by atoms with Gasteiger partial charge in [-0.2, -0.15) is 0 Å². The Kier molecular flexibility index (Phi) is 6.20. The van der Waals surface area contributed by atoms with Gasteiger partial charge in [-0.25, -0.2) is 0 Å². The normalized spacial score (nSPS) is 17.8. The lowest BCUT2D eigenvalue weighted by Gasteiger charge is -2.34. The van der Waals surface area contributed by atoms with Crippen molar-refractivity contribution in [1.82, 2.24) is 9.88 Å². The van der Waals surface area contributed by atoms with Crippen molar-refractivity contribution in [3.8, 4) is 11.5 Å². The molecule has 0 radical (unpaired) electrons. The number of rotatable bonds is 6. The molecule has 7 nitrogen and oxygen atoms in total. The highest BCUT2D eigenvalue weighted by Crippen LogP contribution is 2.33. The number of likely N-dealkylation sites (tertiary alicyclic amines) is 1. The standard InChI is InChI=1S/C25H30N2O5/c1-14-22(17(4)28)15(2)26-23(14)24(29)16(3)27-9-7-18(8-10-27)25(30)19-5-6-20-21(13-19)32-12-11-31-20/h5-6,13,16,18,26H,7-12H2,1-4H3/t16-/m1/s1. The number of nitrogens with one attached hydrogen (secondary N) is 1. The first-order valence-corrected chi connectivity index (χ1v) is 11.2. The number of aryl methyl sites for hydroxylation is 1. The minimum absolute atomic E-state index is 0.0188. The number of Topliss-reactive ketones (excluding diaryl/α,β-unsaturated/α-hetero) is 3. The summed E-state index contributed by atoms with van der Waals surface area (Å²) in [6.45, 7) is 9.41. The third-order valence-electron chi connectivity index (χ3n) is 6.69. The third kappa shape index (κ3) is 4.09. The molecule has 2 aromatic rings. The molecule has 32 heavy (non-hydrogen) atoms. The summed E-state index contributed by atoms with van der Waals surface area (Å²) in [5.41, 5.74) is 3.20. The molecule has 1 N–H and O–H groups in total. The van der Waals surface area contributed by atoms with E-state index in [1.165, 1.54) is 6.92 Å².